The number of carbonyl (C=O) groups excluding carboxylic acids is 4. The molecule has 1 N–H and O–H groups in total. The Morgan fingerprint density at radius 1 is 0.737 bits per heavy atom. The van der Waals surface area contributed by atoms with E-state index in [1.54, 1.807) is 5.32 Å². The summed E-state index contributed by atoms with van der Waals surface area (Å²) in [6.07, 6.45) is -2.14. The Morgan fingerprint density at radius 2 is 1.00 bits per heavy atom. The number of hydrogen-bond acceptors (Lipinski definition) is 9. The van der Waals surface area contributed by atoms with Crippen molar-refractivity contribution in [1.82, 2.24) is 5.32 Å². The summed E-state index contributed by atoms with van der Waals surface area (Å²) < 4.78 is 0. The summed E-state index contributed by atoms with van der Waals surface area (Å²) in [5.41, 5.74) is 0. The molecule has 96 valence electrons. The molecule has 0 heterocycles. The minimum Gasteiger partial charge on any atom is -0.550 e. The van der Waals surface area contributed by atoms with Crippen LogP contribution in [0.2, 0.25) is 0 Å². The van der Waals surface area contributed by atoms with Gasteiger partial charge in [-0.25, -0.2) is 0 Å². The van der Waals surface area contributed by atoms with Crippen LogP contribution >= 0.6 is 0 Å². The van der Waals surface area contributed by atoms with E-state index in [9.17, 15) is 39.6 Å². The summed E-state index contributed by atoms with van der Waals surface area (Å²) in [6.45, 7) is 0. The molecule has 0 aliphatic heterocycles. The second-order valence-corrected chi connectivity index (χ2v) is 3.06. The van der Waals surface area contributed by atoms with Crippen LogP contribution < -0.4 is 25.7 Å². The third kappa shape index (κ3) is 11.9. The minimum atomic E-state index is -1.90. The molecule has 0 aromatic heterocycles. The summed E-state index contributed by atoms with van der Waals surface area (Å²) in [7, 11) is 0. The fourth-order valence-corrected chi connectivity index (χ4v) is 0.997. The van der Waals surface area contributed by atoms with Gasteiger partial charge in [0.05, 0.1) is 24.0 Å². The molecule has 0 aliphatic carbocycles. The Labute approximate surface area is 167 Å². The van der Waals surface area contributed by atoms with Crippen LogP contribution in [0.25, 0.3) is 0 Å². The Hall–Kier alpha value is 0.359. The van der Waals surface area contributed by atoms with E-state index in [-0.39, 0.29) is 75.5 Å². The van der Waals surface area contributed by atoms with Crippen LogP contribution in [-0.2, 0) is 19.2 Å². The van der Waals surface area contributed by atoms with Crippen molar-refractivity contribution in [2.45, 2.75) is 24.9 Å². The first-order chi connectivity index (χ1) is 7.73. The van der Waals surface area contributed by atoms with E-state index < -0.39 is 48.8 Å². The zero-order valence-electron chi connectivity index (χ0n) is 9.75. The van der Waals surface area contributed by atoms with Gasteiger partial charge in [-0.05, 0) is 0 Å². The molecule has 0 aromatic rings. The van der Waals surface area contributed by atoms with E-state index >= 15 is 0 Å². The topological polar surface area (TPSA) is 173 Å². The van der Waals surface area contributed by atoms with Gasteiger partial charge in [0.25, 0.3) is 0 Å². The second kappa shape index (κ2) is 12.1. The minimum absolute atomic E-state index is 0. The molecule has 0 aliphatic rings. The first kappa shape index (κ1) is 24.4. The van der Waals surface area contributed by atoms with Crippen molar-refractivity contribution in [2.75, 3.05) is 0 Å². The van der Waals surface area contributed by atoms with Gasteiger partial charge < -0.3 is 44.9 Å². The average molecular weight is 325 g/mol. The van der Waals surface area contributed by atoms with Crippen molar-refractivity contribution in [1.29, 1.82) is 0 Å². The Bertz CT molecular complexity index is 316. The largest absolute Gasteiger partial charge is 2.00 e. The molecular weight excluding hydrogens is 318 g/mol. The molecule has 0 fully saturated rings. The zero-order chi connectivity index (χ0) is 13.6. The molecule has 2 unspecified atom stereocenters. The van der Waals surface area contributed by atoms with Crippen molar-refractivity contribution in [3.63, 3.8) is 0 Å². The third-order valence-corrected chi connectivity index (χ3v) is 1.71. The molecule has 19 heavy (non-hydrogen) atoms. The SMILES string of the molecule is O=C([O-])CC(NC(CC(=O)[O-])C(=O)[O-])C(=O)[O-].[Ca+2].[Ca+2]. The van der Waals surface area contributed by atoms with Gasteiger partial charge in [-0.2, -0.15) is 0 Å². The molecule has 0 aromatic carbocycles. The van der Waals surface area contributed by atoms with Gasteiger partial charge in [-0.1, -0.05) is 0 Å². The number of nitrogens with one attached hydrogen (secondary N) is 1. The molecule has 0 saturated heterocycles. The van der Waals surface area contributed by atoms with Gasteiger partial charge in [0.15, 0.2) is 0 Å². The summed E-state index contributed by atoms with van der Waals surface area (Å²) >= 11 is 0. The zero-order valence-corrected chi connectivity index (χ0v) is 14.2. The van der Waals surface area contributed by atoms with Crippen molar-refractivity contribution < 1.29 is 39.6 Å². The smallest absolute Gasteiger partial charge is 0.550 e. The standard InChI is InChI=1S/C8H11NO8.2Ca/c10-5(11)1-3(7(14)15)9-4(8(16)17)2-6(12)13;;/h3-4,9H,1-2H2,(H,10,11)(H,12,13)(H,14,15)(H,16,17);;/q;2*+2/p-4. The van der Waals surface area contributed by atoms with Crippen LogP contribution in [0.1, 0.15) is 12.8 Å². The van der Waals surface area contributed by atoms with Crippen molar-refractivity contribution in [2.24, 2.45) is 0 Å². The number of rotatable bonds is 8. The predicted molar refractivity (Wildman–Crippen MR) is 51.5 cm³/mol. The number of carboxylic acid groups (broad SMARTS) is 4. The summed E-state index contributed by atoms with van der Waals surface area (Å²) in [5.74, 6) is -7.34. The van der Waals surface area contributed by atoms with Crippen LogP contribution in [0.4, 0.5) is 0 Å². The Balaban J connectivity index is -0.00000128. The van der Waals surface area contributed by atoms with E-state index in [0.29, 0.717) is 0 Å². The van der Waals surface area contributed by atoms with Crippen molar-refractivity contribution in [3.05, 3.63) is 0 Å². The summed E-state index contributed by atoms with van der Waals surface area (Å²) in [6, 6.07) is -3.80. The maximum atomic E-state index is 10.4. The van der Waals surface area contributed by atoms with Crippen LogP contribution in [-0.4, -0.2) is 111 Å². The van der Waals surface area contributed by atoms with Gasteiger partial charge in [-0.15, -0.1) is 0 Å². The quantitative estimate of drug-likeness (QED) is 0.425. The van der Waals surface area contributed by atoms with Crippen LogP contribution in [0.3, 0.4) is 0 Å². The van der Waals surface area contributed by atoms with E-state index in [4.69, 9.17) is 0 Å². The van der Waals surface area contributed by atoms with E-state index in [0.717, 1.165) is 0 Å². The molecule has 0 spiro atoms. The molecule has 0 radical (unpaired) electrons. The van der Waals surface area contributed by atoms with E-state index in [1.165, 1.54) is 0 Å². The molecule has 0 bridgehead atoms. The normalized spacial score (nSPS) is 12.2. The molecule has 11 heteroatoms. The van der Waals surface area contributed by atoms with Crippen LogP contribution in [0.5, 0.6) is 0 Å². The maximum Gasteiger partial charge on any atom is 2.00 e. The van der Waals surface area contributed by atoms with E-state index in [1.807, 2.05) is 0 Å². The van der Waals surface area contributed by atoms with Crippen molar-refractivity contribution in [3.8, 4) is 0 Å². The molecule has 2 atom stereocenters. The van der Waals surface area contributed by atoms with Gasteiger partial charge >= 0.3 is 75.5 Å². The molecule has 9 nitrogen and oxygen atoms in total. The monoisotopic (exact) mass is 325 g/mol. The Kier molecular flexibility index (Phi) is 15.6. The first-order valence-corrected chi connectivity index (χ1v) is 4.31. The van der Waals surface area contributed by atoms with Gasteiger partial charge in [0.2, 0.25) is 0 Å². The predicted octanol–water partition coefficient (Wildman–Crippen LogP) is -7.67. The van der Waals surface area contributed by atoms with Crippen molar-refractivity contribution >= 4 is 99.4 Å². The molecule has 0 saturated carbocycles. The molecule has 0 rings (SSSR count). The van der Waals surface area contributed by atoms with Gasteiger partial charge in [0, 0.05) is 24.8 Å². The maximum absolute atomic E-state index is 10.4. The number of carbonyl (C=O) groups is 4. The average Bonchev–Trinajstić information content (AvgIpc) is 2.13. The van der Waals surface area contributed by atoms with Crippen LogP contribution in [0.15, 0.2) is 0 Å². The number of carboxylic acids is 4. The molecule has 0 amide bonds. The number of hydrogen-bond donors (Lipinski definition) is 1. The fraction of sp³-hybridized carbons (Fsp3) is 0.500. The van der Waals surface area contributed by atoms with Gasteiger partial charge in [-0.3, -0.25) is 0 Å². The van der Waals surface area contributed by atoms with Crippen LogP contribution in [0, 0.1) is 0 Å². The summed E-state index contributed by atoms with van der Waals surface area (Å²) in [4.78, 5) is 41.2. The second-order valence-electron chi connectivity index (χ2n) is 3.06. The van der Waals surface area contributed by atoms with E-state index in [2.05, 4.69) is 0 Å². The molecular formula is C8H7Ca2NO8. The first-order valence-electron chi connectivity index (χ1n) is 4.31. The summed E-state index contributed by atoms with van der Waals surface area (Å²) in [5, 5.41) is 42.9. The fourth-order valence-electron chi connectivity index (χ4n) is 0.997. The Morgan fingerprint density at radius 3 is 1.16 bits per heavy atom. The number of aliphatic carboxylic acids is 4. The van der Waals surface area contributed by atoms with Gasteiger partial charge in [0.1, 0.15) is 0 Å². The third-order valence-electron chi connectivity index (χ3n) is 1.71.